The number of piperazine rings is 1. The minimum Gasteiger partial charge on any atom is -0.338 e. The molecule has 4 rings (SSSR count). The molecule has 0 unspecified atom stereocenters. The second-order valence-corrected chi connectivity index (χ2v) is 7.54. The Morgan fingerprint density at radius 1 is 1.07 bits per heavy atom. The molecule has 8 heteroatoms. The van der Waals surface area contributed by atoms with E-state index < -0.39 is 0 Å². The van der Waals surface area contributed by atoms with Gasteiger partial charge in [0.05, 0.1) is 6.54 Å². The smallest absolute Gasteiger partial charge is 0.225 e. The van der Waals surface area contributed by atoms with E-state index in [4.69, 9.17) is 0 Å². The lowest BCUT2D eigenvalue weighted by Crippen LogP contribution is -2.48. The second-order valence-electron chi connectivity index (χ2n) is 6.67. The van der Waals surface area contributed by atoms with Crippen molar-refractivity contribution in [1.29, 1.82) is 0 Å². The molecular formula is C19H22N6OS. The quantitative estimate of drug-likeness (QED) is 0.631. The molecule has 0 radical (unpaired) electrons. The first kappa shape index (κ1) is 17.8. The first-order valence-electron chi connectivity index (χ1n) is 9.00. The first-order valence-corrected chi connectivity index (χ1v) is 9.88. The first-order chi connectivity index (χ1) is 13.1. The zero-order valence-corrected chi connectivity index (χ0v) is 16.3. The van der Waals surface area contributed by atoms with Crippen LogP contribution in [0.4, 0.5) is 5.95 Å². The van der Waals surface area contributed by atoms with Crippen LogP contribution in [0.5, 0.6) is 0 Å². The number of aryl methyl sites for hydroxylation is 1. The van der Waals surface area contributed by atoms with E-state index >= 15 is 0 Å². The highest BCUT2D eigenvalue weighted by molar-refractivity contribution is 7.12. The molecule has 1 saturated heterocycles. The van der Waals surface area contributed by atoms with Crippen molar-refractivity contribution in [3.8, 4) is 5.13 Å². The summed E-state index contributed by atoms with van der Waals surface area (Å²) < 4.78 is 2.06. The molecular weight excluding hydrogens is 360 g/mol. The van der Waals surface area contributed by atoms with Gasteiger partial charge in [-0.2, -0.15) is 0 Å². The average molecular weight is 382 g/mol. The van der Waals surface area contributed by atoms with E-state index in [2.05, 4.69) is 29.3 Å². The molecule has 0 bridgehead atoms. The van der Waals surface area contributed by atoms with E-state index in [0.717, 1.165) is 54.2 Å². The van der Waals surface area contributed by atoms with Crippen LogP contribution >= 0.6 is 11.3 Å². The number of ketones is 1. The van der Waals surface area contributed by atoms with E-state index in [1.165, 1.54) is 0 Å². The van der Waals surface area contributed by atoms with Crippen molar-refractivity contribution in [1.82, 2.24) is 24.4 Å². The lowest BCUT2D eigenvalue weighted by atomic mass is 10.1. The van der Waals surface area contributed by atoms with E-state index in [-0.39, 0.29) is 5.78 Å². The largest absolute Gasteiger partial charge is 0.338 e. The maximum Gasteiger partial charge on any atom is 0.225 e. The average Bonchev–Trinajstić information content (AvgIpc) is 3.31. The van der Waals surface area contributed by atoms with E-state index in [1.807, 2.05) is 31.4 Å². The van der Waals surface area contributed by atoms with Crippen LogP contribution in [0.1, 0.15) is 21.7 Å². The standard InChI is InChI=1S/C19H22N6OS/c1-14-12-16(15(2)25(14)19-22-6-11-27-19)17(26)13-23-7-9-24(10-8-23)18-20-4-3-5-21-18/h3-6,11-12H,7-10,13H2,1-2H3. The minimum absolute atomic E-state index is 0.162. The normalized spacial score (nSPS) is 15.3. The number of carbonyl (C=O) groups is 1. The lowest BCUT2D eigenvalue weighted by Gasteiger charge is -2.34. The van der Waals surface area contributed by atoms with Gasteiger partial charge < -0.3 is 4.90 Å². The molecule has 3 aromatic heterocycles. The van der Waals surface area contributed by atoms with Crippen LogP contribution < -0.4 is 4.90 Å². The molecule has 0 amide bonds. The highest BCUT2D eigenvalue weighted by Gasteiger charge is 2.23. The minimum atomic E-state index is 0.162. The van der Waals surface area contributed by atoms with E-state index in [0.29, 0.717) is 6.54 Å². The van der Waals surface area contributed by atoms with Crippen LogP contribution in [-0.4, -0.2) is 62.9 Å². The van der Waals surface area contributed by atoms with Crippen LogP contribution in [0.3, 0.4) is 0 Å². The van der Waals surface area contributed by atoms with Crippen molar-refractivity contribution in [2.45, 2.75) is 13.8 Å². The number of Topliss-reactive ketones (excluding diaryl/α,β-unsaturated/α-hetero) is 1. The zero-order chi connectivity index (χ0) is 18.8. The van der Waals surface area contributed by atoms with Gasteiger partial charge in [-0.25, -0.2) is 15.0 Å². The van der Waals surface area contributed by atoms with Gasteiger partial charge in [0.2, 0.25) is 5.95 Å². The number of anilines is 1. The van der Waals surface area contributed by atoms with Gasteiger partial charge in [0, 0.05) is 67.1 Å². The third-order valence-corrected chi connectivity index (χ3v) is 5.67. The van der Waals surface area contributed by atoms with Crippen molar-refractivity contribution in [3.63, 3.8) is 0 Å². The number of hydrogen-bond donors (Lipinski definition) is 0. The van der Waals surface area contributed by atoms with Crippen LogP contribution in [0, 0.1) is 13.8 Å². The molecule has 0 spiro atoms. The molecule has 1 fully saturated rings. The van der Waals surface area contributed by atoms with Crippen molar-refractivity contribution < 1.29 is 4.79 Å². The van der Waals surface area contributed by atoms with Crippen LogP contribution in [0.2, 0.25) is 0 Å². The topological polar surface area (TPSA) is 67.2 Å². The Morgan fingerprint density at radius 2 is 1.81 bits per heavy atom. The van der Waals surface area contributed by atoms with Gasteiger partial charge in [0.15, 0.2) is 10.9 Å². The molecule has 3 aromatic rings. The number of thiazole rings is 1. The summed E-state index contributed by atoms with van der Waals surface area (Å²) in [4.78, 5) is 30.3. The fraction of sp³-hybridized carbons (Fsp3) is 0.368. The van der Waals surface area contributed by atoms with Gasteiger partial charge in [-0.1, -0.05) is 0 Å². The van der Waals surface area contributed by atoms with Gasteiger partial charge in [-0.15, -0.1) is 11.3 Å². The number of carbonyl (C=O) groups excluding carboxylic acids is 1. The Labute approximate surface area is 162 Å². The molecule has 0 saturated carbocycles. The van der Waals surface area contributed by atoms with E-state index in [1.54, 1.807) is 29.9 Å². The van der Waals surface area contributed by atoms with Crippen LogP contribution in [-0.2, 0) is 0 Å². The monoisotopic (exact) mass is 382 g/mol. The summed E-state index contributed by atoms with van der Waals surface area (Å²) in [5.41, 5.74) is 2.79. The molecule has 1 aliphatic rings. The summed E-state index contributed by atoms with van der Waals surface area (Å²) in [5.74, 6) is 0.922. The third kappa shape index (κ3) is 3.63. The highest BCUT2D eigenvalue weighted by atomic mass is 32.1. The Morgan fingerprint density at radius 3 is 2.48 bits per heavy atom. The number of rotatable bonds is 5. The zero-order valence-electron chi connectivity index (χ0n) is 15.5. The van der Waals surface area contributed by atoms with Gasteiger partial charge in [0.25, 0.3) is 0 Å². The van der Waals surface area contributed by atoms with Crippen molar-refractivity contribution in [3.05, 3.63) is 53.1 Å². The Kier molecular flexibility index (Phi) is 5.00. The summed E-state index contributed by atoms with van der Waals surface area (Å²) in [5, 5.41) is 2.85. The summed E-state index contributed by atoms with van der Waals surface area (Å²) in [7, 11) is 0. The number of nitrogens with zero attached hydrogens (tertiary/aromatic N) is 6. The predicted octanol–water partition coefficient (Wildman–Crippen LogP) is 2.35. The summed E-state index contributed by atoms with van der Waals surface area (Å²) in [6, 6.07) is 3.80. The molecule has 0 atom stereocenters. The second kappa shape index (κ2) is 7.58. The molecule has 4 heterocycles. The summed E-state index contributed by atoms with van der Waals surface area (Å²) in [6.45, 7) is 7.76. The molecule has 0 N–H and O–H groups in total. The van der Waals surface area contributed by atoms with Gasteiger partial charge in [0.1, 0.15) is 0 Å². The van der Waals surface area contributed by atoms with Crippen molar-refractivity contribution in [2.75, 3.05) is 37.6 Å². The fourth-order valence-corrected chi connectivity index (χ4v) is 4.27. The van der Waals surface area contributed by atoms with Crippen molar-refractivity contribution in [2.24, 2.45) is 0 Å². The number of hydrogen-bond acceptors (Lipinski definition) is 7. The third-order valence-electron chi connectivity index (χ3n) is 4.92. The maximum atomic E-state index is 12.9. The number of aromatic nitrogens is 4. The van der Waals surface area contributed by atoms with E-state index in [9.17, 15) is 4.79 Å². The molecule has 27 heavy (non-hydrogen) atoms. The summed E-state index contributed by atoms with van der Waals surface area (Å²) in [6.07, 6.45) is 5.31. The van der Waals surface area contributed by atoms with Crippen LogP contribution in [0.25, 0.3) is 5.13 Å². The van der Waals surface area contributed by atoms with Gasteiger partial charge >= 0.3 is 0 Å². The van der Waals surface area contributed by atoms with Crippen molar-refractivity contribution >= 4 is 23.1 Å². The highest BCUT2D eigenvalue weighted by Crippen LogP contribution is 2.23. The molecule has 140 valence electrons. The summed E-state index contributed by atoms with van der Waals surface area (Å²) >= 11 is 1.58. The van der Waals surface area contributed by atoms with Gasteiger partial charge in [-0.05, 0) is 26.0 Å². The predicted molar refractivity (Wildman–Crippen MR) is 106 cm³/mol. The Balaban J connectivity index is 1.41. The maximum absolute atomic E-state index is 12.9. The SMILES string of the molecule is Cc1cc(C(=O)CN2CCN(c3ncccn3)CC2)c(C)n1-c1nccs1. The Bertz CT molecular complexity index is 913. The van der Waals surface area contributed by atoms with Crippen LogP contribution in [0.15, 0.2) is 36.1 Å². The lowest BCUT2D eigenvalue weighted by molar-refractivity contribution is 0.0925. The Hall–Kier alpha value is -2.58. The van der Waals surface area contributed by atoms with Gasteiger partial charge in [-0.3, -0.25) is 14.3 Å². The molecule has 0 aliphatic carbocycles. The molecule has 0 aromatic carbocycles. The molecule has 7 nitrogen and oxygen atoms in total. The molecule has 1 aliphatic heterocycles. The fourth-order valence-electron chi connectivity index (χ4n) is 3.51.